The number of hydrogen-bond donors (Lipinski definition) is 0. The average Bonchev–Trinajstić information content (AvgIpc) is 0.721. The van der Waals surface area contributed by atoms with Crippen LogP contribution in [-0.4, -0.2) is 22.2 Å². The fourth-order valence-electron chi connectivity index (χ4n) is 11.5. The van der Waals surface area contributed by atoms with Gasteiger partial charge in [-0.1, -0.05) is 278 Å². The molecule has 15 rings (SSSR count). The molecule has 5 nitrogen and oxygen atoms in total. The maximum atomic E-state index is 11.1. The Morgan fingerprint density at radius 3 is 1.81 bits per heavy atom. The van der Waals surface area contributed by atoms with Crippen LogP contribution in [0.1, 0.15) is 139 Å². The molecule has 444 valence electrons. The highest BCUT2D eigenvalue weighted by Crippen LogP contribution is 2.48. The summed E-state index contributed by atoms with van der Waals surface area (Å²) in [5, 5.41) is -3.89. The first kappa shape index (κ1) is 26.4. The summed E-state index contributed by atoms with van der Waals surface area (Å²) in [4.78, 5) is 4.82. The zero-order chi connectivity index (χ0) is 101. The van der Waals surface area contributed by atoms with Crippen molar-refractivity contribution in [2.75, 3.05) is 0 Å². The number of rotatable bonds is 13. The van der Waals surface area contributed by atoms with Gasteiger partial charge in [0.15, 0.2) is 8.07 Å². The summed E-state index contributed by atoms with van der Waals surface area (Å²) < 4.78 is 436. The van der Waals surface area contributed by atoms with Gasteiger partial charge < -0.3 is 4.74 Å². The molecule has 6 heteroatoms. The molecule has 3 heterocycles. The summed E-state index contributed by atoms with van der Waals surface area (Å²) >= 11 is 0. The van der Waals surface area contributed by atoms with E-state index in [1.165, 1.54) is 65.4 Å². The van der Waals surface area contributed by atoms with E-state index in [2.05, 4.69) is 6.33 Å². The van der Waals surface area contributed by atoms with E-state index >= 15 is 0 Å². The molecule has 11 aromatic carbocycles. The van der Waals surface area contributed by atoms with Gasteiger partial charge in [-0.3, -0.25) is 13.7 Å². The molecule has 0 saturated heterocycles. The van der Waals surface area contributed by atoms with Gasteiger partial charge in [-0.25, -0.2) is 4.98 Å². The minimum Gasteiger partial charge on any atom is -0.458 e. The number of fused-ring (bicyclic) bond motifs is 5. The fraction of sp³-hybridized carbons (Fsp3) is 0.153. The van der Waals surface area contributed by atoms with Gasteiger partial charge in [-0.15, -0.1) is 0 Å². The monoisotopic (exact) mass is 1240 g/mol. The molecule has 0 aliphatic heterocycles. The smallest absolute Gasteiger partial charge is 0.269 e. The van der Waals surface area contributed by atoms with Gasteiger partial charge in [0.1, 0.15) is 17.3 Å². The van der Waals surface area contributed by atoms with Gasteiger partial charge in [0.25, 0.3) is 6.33 Å². The summed E-state index contributed by atoms with van der Waals surface area (Å²) in [7, 11) is -6.76. The number of aromatic nitrogens is 4. The lowest BCUT2D eigenvalue weighted by Gasteiger charge is -2.42. The Kier molecular flexibility index (Phi) is 6.58. The molecule has 0 N–H and O–H groups in total. The van der Waals surface area contributed by atoms with Crippen LogP contribution in [0.2, 0.25) is 0 Å². The predicted molar refractivity (Wildman–Crippen MR) is 381 cm³/mol. The van der Waals surface area contributed by atoms with Crippen molar-refractivity contribution >= 4 is 61.7 Å². The van der Waals surface area contributed by atoms with E-state index < -0.39 is 294 Å². The standard InChI is InChI=1S/C85H74N4OSi/c1-83(2,3)56-62-53-81(86-57-74(62)59-27-12-8-13-28-59)89-77-42-21-20-39-72(77)73-47-46-65(55-80(73)89)90-64-31-25-30-63(54-64)87-58-88(79-44-23-22-43-78(79)87)82-70(40-26-41-71(82)61-45-48-75-76(52-61)85(6,7)50-49-84(75,4)5)60-29-24-38-69(51-60)91(66-32-14-9-15-33-66,67-34-16-10-17-35-67)68-36-18-11-19-37-68/h8-48,51-55,57H,49-50,56H2,1-7H3/i4D3,5D3,6D3,7D3,8D,9D,10D,11D,12D,13D,14D,15D,16D,17D,18D,19D,24D,27D,28D,29D,32D,33D,34D,35D,36D,37D,38D,45D,48D,49D2,50D2,51D,52D,56D2. The van der Waals surface area contributed by atoms with Gasteiger partial charge in [-0.2, -0.15) is 0 Å². The molecular weight excluding hydrogens is 1120 g/mol. The van der Waals surface area contributed by atoms with E-state index in [0.717, 1.165) is 22.8 Å². The second kappa shape index (κ2) is 22.7. The van der Waals surface area contributed by atoms with Crippen LogP contribution in [0.15, 0.2) is 285 Å². The molecule has 1 aliphatic carbocycles. The first-order chi connectivity index (χ1) is 62.8. The van der Waals surface area contributed by atoms with Gasteiger partial charge in [0, 0.05) is 53.3 Å². The minimum absolute atomic E-state index is 0.0184. The first-order valence-corrected chi connectivity index (χ1v) is 30.2. The molecule has 0 saturated carbocycles. The molecule has 1 aliphatic rings. The summed E-state index contributed by atoms with van der Waals surface area (Å²) in [6.45, 7) is -13.4. The van der Waals surface area contributed by atoms with E-state index in [-0.39, 0.29) is 50.7 Å². The predicted octanol–water partition coefficient (Wildman–Crippen LogP) is 18.3. The summed E-state index contributed by atoms with van der Waals surface area (Å²) in [6.07, 6.45) is -7.62. The van der Waals surface area contributed by atoms with Gasteiger partial charge in [-0.05, 0) is 143 Å². The third-order valence-corrected chi connectivity index (χ3v) is 19.3. The van der Waals surface area contributed by atoms with Crippen molar-refractivity contribution in [3.05, 3.63) is 308 Å². The van der Waals surface area contributed by atoms with Crippen LogP contribution in [-0.2, 0) is 17.2 Å². The maximum absolute atomic E-state index is 11.1. The van der Waals surface area contributed by atoms with Crippen LogP contribution in [0.4, 0.5) is 0 Å². The molecule has 3 aromatic heterocycles. The third-order valence-electron chi connectivity index (χ3n) is 15.3. The van der Waals surface area contributed by atoms with Gasteiger partial charge in [0.2, 0.25) is 0 Å². The van der Waals surface area contributed by atoms with Crippen LogP contribution in [0, 0.1) is 11.7 Å². The van der Waals surface area contributed by atoms with E-state index in [4.69, 9.17) is 28.9 Å². The molecular formula is C85H74N4OSi. The quantitative estimate of drug-likeness (QED) is 0.0499. The summed E-state index contributed by atoms with van der Waals surface area (Å²) in [6, 6.07) is -5.82. The number of nitrogens with zero attached hydrogens (tertiary/aromatic N) is 4. The number of para-hydroxylation sites is 4. The Hall–Kier alpha value is -10.1. The highest BCUT2D eigenvalue weighted by atomic mass is 28.3. The zero-order valence-electron chi connectivity index (χ0n) is 93.2. The Morgan fingerprint density at radius 1 is 0.549 bits per heavy atom. The average molecular weight is 1240 g/mol. The van der Waals surface area contributed by atoms with Crippen LogP contribution in [0.3, 0.4) is 0 Å². The van der Waals surface area contributed by atoms with Crippen molar-refractivity contribution in [2.45, 2.75) is 78.1 Å². The molecule has 0 unspecified atom stereocenters. The lowest BCUT2D eigenvalue weighted by atomic mass is 9.63. The Labute approximate surface area is 599 Å². The Morgan fingerprint density at radius 2 is 1.13 bits per heavy atom. The van der Waals surface area contributed by atoms with Crippen LogP contribution < -0.4 is 30.1 Å². The van der Waals surface area contributed by atoms with Crippen LogP contribution >= 0.6 is 0 Å². The topological polar surface area (TPSA) is 35.9 Å². The number of benzene rings is 11. The van der Waals surface area contributed by atoms with Gasteiger partial charge in [0.05, 0.1) is 70.5 Å². The maximum Gasteiger partial charge on any atom is 0.269 e. The summed E-state index contributed by atoms with van der Waals surface area (Å²) in [5.41, 5.74) is -19.0. The molecule has 0 fully saturated rings. The molecule has 14 aromatic rings. The van der Waals surface area contributed by atoms with Crippen molar-refractivity contribution < 1.29 is 71.0 Å². The second-order valence-electron chi connectivity index (χ2n) is 22.3. The number of ether oxygens (including phenoxy) is 1. The third kappa shape index (κ3) is 10.3. The molecule has 0 bridgehead atoms. The summed E-state index contributed by atoms with van der Waals surface area (Å²) in [5.74, 6) is 0.238. The van der Waals surface area contributed by atoms with Crippen molar-refractivity contribution in [3.63, 3.8) is 0 Å². The number of pyridine rings is 1. The second-order valence-corrected chi connectivity index (χ2v) is 25.8. The van der Waals surface area contributed by atoms with Crippen LogP contribution in [0.5, 0.6) is 11.5 Å². The Bertz CT molecular complexity index is 7210. The molecule has 0 atom stereocenters. The minimum atomic E-state index is -6.76. The van der Waals surface area contributed by atoms with E-state index in [9.17, 15) is 42.5 Å². The highest BCUT2D eigenvalue weighted by Gasteiger charge is 2.42. The highest BCUT2D eigenvalue weighted by molar-refractivity contribution is 7.19. The van der Waals surface area contributed by atoms with E-state index in [0.29, 0.717) is 21.8 Å². The zero-order valence-corrected chi connectivity index (χ0v) is 49.2. The molecule has 91 heavy (non-hydrogen) atoms. The van der Waals surface area contributed by atoms with Crippen molar-refractivity contribution in [2.24, 2.45) is 5.41 Å². The lowest BCUT2D eigenvalue weighted by molar-refractivity contribution is -0.571. The SMILES string of the molecule is [2H]c1c([2H])c([2H])c(-c2cnc(-n3c4ccccc4c4ccc(Oc5cccc(-n6[c-][n+](-c7c(-c8c([2H])c([2H])c9c(c8[2H])C(C([2H])([2H])[2H])(C([2H])([2H])[2H])C([2H])([2H])C([2H])([2H])C9(C([2H])([2H])[2H])C([2H])([2H])[2H])cccc7-c7c([2H])c([2H])c([2H])c([Si](c8c([2H])c([2H])c([2H])c([2H])c8[2H])(c8c([2H])c([2H])c([2H])c([2H])c8[2H])c8c([2H])c([2H])c([2H])c([2H])c8[2H])c7[2H])c7ccccc76)c5)cc43)cc2C([2H])([2H])C(C)(C)C)c([2H])c1[2H]. The normalized spacial score (nSPS) is 22.7. The largest absolute Gasteiger partial charge is 0.458 e. The van der Waals surface area contributed by atoms with Crippen molar-refractivity contribution in [1.29, 1.82) is 0 Å². The van der Waals surface area contributed by atoms with Crippen LogP contribution in [0.25, 0.3) is 83.4 Å². The molecule has 0 amide bonds. The van der Waals surface area contributed by atoms with Crippen molar-refractivity contribution in [1.82, 2.24) is 14.1 Å². The fourth-order valence-corrected chi connectivity index (χ4v) is 15.1. The number of hydrogen-bond acceptors (Lipinski definition) is 2. The van der Waals surface area contributed by atoms with E-state index in [1.807, 2.05) is 6.07 Å². The molecule has 0 radical (unpaired) electrons. The van der Waals surface area contributed by atoms with Gasteiger partial charge >= 0.3 is 0 Å². The Balaban J connectivity index is 1.07. The van der Waals surface area contributed by atoms with Crippen molar-refractivity contribution in [3.8, 4) is 62.1 Å². The first-order valence-electron chi connectivity index (χ1n) is 50.7. The molecule has 0 spiro atoms. The number of imidazole rings is 1. The van der Waals surface area contributed by atoms with E-state index in [1.54, 1.807) is 61.7 Å². The lowest BCUT2D eigenvalue weighted by Crippen LogP contribution is -2.74.